The van der Waals surface area contributed by atoms with Crippen LogP contribution in [0.25, 0.3) is 22.2 Å². The molecule has 0 saturated carbocycles. The minimum absolute atomic E-state index is 0.121. The van der Waals surface area contributed by atoms with E-state index >= 15 is 0 Å². The maximum absolute atomic E-state index is 13.1. The van der Waals surface area contributed by atoms with Gasteiger partial charge in [0.2, 0.25) is 5.91 Å². The minimum Gasteiger partial charge on any atom is -0.506 e. The monoisotopic (exact) mass is 571 g/mol. The number of aryl methyl sites for hydroxylation is 1. The number of fused-ring (bicyclic) bond motifs is 1. The molecule has 0 unspecified atom stereocenters. The van der Waals surface area contributed by atoms with Crippen LogP contribution in [0.4, 0.5) is 11.5 Å². The molecule has 0 radical (unpaired) electrons. The summed E-state index contributed by atoms with van der Waals surface area (Å²) in [5.74, 6) is -1.13. The van der Waals surface area contributed by atoms with Crippen molar-refractivity contribution in [3.05, 3.63) is 62.9 Å². The summed E-state index contributed by atoms with van der Waals surface area (Å²) in [5.41, 5.74) is 6.12. The fourth-order valence-corrected chi connectivity index (χ4v) is 4.75. The van der Waals surface area contributed by atoms with Crippen LogP contribution in [-0.4, -0.2) is 62.3 Å². The van der Waals surface area contributed by atoms with Gasteiger partial charge in [0.05, 0.1) is 52.4 Å². The highest BCUT2D eigenvalue weighted by Gasteiger charge is 2.22. The van der Waals surface area contributed by atoms with Crippen molar-refractivity contribution in [3.63, 3.8) is 0 Å². The Morgan fingerprint density at radius 3 is 2.62 bits per heavy atom. The number of nitrogens with two attached hydrogens (primary N) is 1. The van der Waals surface area contributed by atoms with Gasteiger partial charge in [-0.1, -0.05) is 23.2 Å². The molecular formula is C25H23Cl2N7O5. The number of ether oxygens (including phenoxy) is 1. The molecule has 0 bridgehead atoms. The Kier molecular flexibility index (Phi) is 7.17. The molecule has 0 spiro atoms. The summed E-state index contributed by atoms with van der Waals surface area (Å²) in [6.45, 7) is 2.28. The van der Waals surface area contributed by atoms with E-state index in [0.717, 1.165) is 0 Å². The third-order valence-electron chi connectivity index (χ3n) is 6.34. The number of anilines is 2. The summed E-state index contributed by atoms with van der Waals surface area (Å²) >= 11 is 12.5. The second kappa shape index (κ2) is 10.6. The van der Waals surface area contributed by atoms with Crippen molar-refractivity contribution < 1.29 is 19.4 Å². The highest BCUT2D eigenvalue weighted by atomic mass is 35.5. The number of amides is 2. The molecule has 1 saturated heterocycles. The number of rotatable bonds is 6. The molecule has 3 aromatic heterocycles. The van der Waals surface area contributed by atoms with E-state index < -0.39 is 17.6 Å². The van der Waals surface area contributed by atoms with Crippen LogP contribution < -0.4 is 21.5 Å². The molecule has 202 valence electrons. The predicted octanol–water partition coefficient (Wildman–Crippen LogP) is 2.38. The van der Waals surface area contributed by atoms with Crippen molar-refractivity contribution in [2.75, 3.05) is 36.5 Å². The zero-order valence-electron chi connectivity index (χ0n) is 20.6. The number of phenols is 1. The third-order valence-corrected chi connectivity index (χ3v) is 6.93. The largest absolute Gasteiger partial charge is 0.506 e. The van der Waals surface area contributed by atoms with E-state index in [9.17, 15) is 19.5 Å². The Morgan fingerprint density at radius 2 is 1.90 bits per heavy atom. The van der Waals surface area contributed by atoms with Crippen LogP contribution >= 0.6 is 23.2 Å². The summed E-state index contributed by atoms with van der Waals surface area (Å²) in [5, 5.41) is 13.3. The van der Waals surface area contributed by atoms with Crippen LogP contribution in [0.15, 0.2) is 41.7 Å². The lowest BCUT2D eigenvalue weighted by atomic mass is 10.0. The van der Waals surface area contributed by atoms with E-state index in [-0.39, 0.29) is 38.7 Å². The maximum atomic E-state index is 13.1. The van der Waals surface area contributed by atoms with Crippen molar-refractivity contribution in [1.82, 2.24) is 19.1 Å². The molecule has 1 aliphatic rings. The maximum Gasteiger partial charge on any atom is 0.263 e. The Labute approximate surface area is 231 Å². The number of hydrogen-bond acceptors (Lipinski definition) is 8. The molecule has 5 rings (SSSR count). The topological polar surface area (TPSA) is 158 Å². The van der Waals surface area contributed by atoms with Crippen LogP contribution in [0.5, 0.6) is 5.75 Å². The SMILES string of the molecule is Cn1cnc2c(c(-c3cc(Cl)c(O)c(C(N)=O)c3)cn2CC(=O)Nc2cc(N3CCOCC3)ncc2Cl)c1=O. The summed E-state index contributed by atoms with van der Waals surface area (Å²) in [6, 6.07) is 4.43. The number of carbonyl (C=O) groups is 2. The van der Waals surface area contributed by atoms with Gasteiger partial charge in [-0.2, -0.15) is 0 Å². The van der Waals surface area contributed by atoms with Crippen LogP contribution in [0.2, 0.25) is 10.0 Å². The van der Waals surface area contributed by atoms with E-state index in [1.54, 1.807) is 19.3 Å². The van der Waals surface area contributed by atoms with Crippen molar-refractivity contribution in [1.29, 1.82) is 0 Å². The lowest BCUT2D eigenvalue weighted by Gasteiger charge is -2.28. The molecule has 1 aliphatic heterocycles. The van der Waals surface area contributed by atoms with Gasteiger partial charge in [-0.3, -0.25) is 14.4 Å². The molecule has 2 amide bonds. The first kappa shape index (κ1) is 26.5. The standard InChI is InChI=1S/C25H23Cl2N7O5/c1-32-12-30-24-21(25(32)38)15(13-6-14(23(28)37)22(36)16(26)7-13)10-34(24)11-20(35)31-18-8-19(29-9-17(18)27)33-2-4-39-5-3-33/h6-10,12,36H,2-5,11H2,1H3,(H2,28,37)(H,29,31,35). The van der Waals surface area contributed by atoms with Gasteiger partial charge >= 0.3 is 0 Å². The number of aromatic hydroxyl groups is 1. The van der Waals surface area contributed by atoms with E-state index in [0.29, 0.717) is 48.9 Å². The first-order valence-corrected chi connectivity index (χ1v) is 12.5. The normalized spacial score (nSPS) is 13.6. The predicted molar refractivity (Wildman–Crippen MR) is 147 cm³/mol. The molecule has 12 nitrogen and oxygen atoms in total. The van der Waals surface area contributed by atoms with Crippen LogP contribution in [0.3, 0.4) is 0 Å². The van der Waals surface area contributed by atoms with Crippen molar-refractivity contribution in [2.24, 2.45) is 12.8 Å². The molecule has 4 N–H and O–H groups in total. The van der Waals surface area contributed by atoms with Crippen molar-refractivity contribution in [2.45, 2.75) is 6.54 Å². The number of nitrogens with zero attached hydrogens (tertiary/aromatic N) is 5. The lowest BCUT2D eigenvalue weighted by molar-refractivity contribution is -0.116. The number of primary amides is 1. The number of aromatic nitrogens is 4. The molecule has 4 heterocycles. The van der Waals surface area contributed by atoms with Crippen molar-refractivity contribution in [3.8, 4) is 16.9 Å². The summed E-state index contributed by atoms with van der Waals surface area (Å²) in [4.78, 5) is 48.9. The van der Waals surface area contributed by atoms with E-state index in [1.165, 1.54) is 33.8 Å². The van der Waals surface area contributed by atoms with Crippen LogP contribution in [0.1, 0.15) is 10.4 Å². The van der Waals surface area contributed by atoms with Crippen molar-refractivity contribution >= 4 is 57.6 Å². The molecule has 4 aromatic rings. The molecule has 1 aromatic carbocycles. The quantitative estimate of drug-likeness (QED) is 0.318. The van der Waals surface area contributed by atoms with Crippen LogP contribution in [-0.2, 0) is 23.1 Å². The Bertz CT molecular complexity index is 1680. The number of hydrogen-bond donors (Lipinski definition) is 3. The molecule has 0 aliphatic carbocycles. The molecule has 39 heavy (non-hydrogen) atoms. The van der Waals surface area contributed by atoms with E-state index in [2.05, 4.69) is 15.3 Å². The van der Waals surface area contributed by atoms with E-state index in [4.69, 9.17) is 33.7 Å². The first-order valence-electron chi connectivity index (χ1n) is 11.8. The fraction of sp³-hybridized carbons (Fsp3) is 0.240. The number of pyridine rings is 1. The fourth-order valence-electron chi connectivity index (χ4n) is 4.38. The lowest BCUT2D eigenvalue weighted by Crippen LogP contribution is -2.36. The van der Waals surface area contributed by atoms with E-state index in [1.807, 2.05) is 4.90 Å². The summed E-state index contributed by atoms with van der Waals surface area (Å²) in [7, 11) is 1.54. The number of halogens is 2. The minimum atomic E-state index is -0.893. The number of nitrogens with one attached hydrogen (secondary N) is 1. The molecule has 0 atom stereocenters. The second-order valence-electron chi connectivity index (χ2n) is 8.92. The van der Waals surface area contributed by atoms with Crippen LogP contribution in [0, 0.1) is 0 Å². The van der Waals surface area contributed by atoms with Gasteiger partial charge in [0, 0.05) is 38.0 Å². The molecule has 14 heteroatoms. The molecular weight excluding hydrogens is 549 g/mol. The summed E-state index contributed by atoms with van der Waals surface area (Å²) in [6.07, 6.45) is 4.37. The van der Waals surface area contributed by atoms with Gasteiger partial charge in [0.15, 0.2) is 0 Å². The average Bonchev–Trinajstić information content (AvgIpc) is 3.28. The van der Waals surface area contributed by atoms with Gasteiger partial charge in [0.25, 0.3) is 11.5 Å². The molecule has 1 fully saturated rings. The first-order chi connectivity index (χ1) is 18.6. The Balaban J connectivity index is 1.51. The number of morpholine rings is 1. The smallest absolute Gasteiger partial charge is 0.263 e. The third kappa shape index (κ3) is 5.13. The number of benzene rings is 1. The van der Waals surface area contributed by atoms with Gasteiger partial charge in [0.1, 0.15) is 23.8 Å². The Hall–Kier alpha value is -4.13. The number of carbonyl (C=O) groups excluding carboxylic acids is 2. The average molecular weight is 572 g/mol. The highest BCUT2D eigenvalue weighted by Crippen LogP contribution is 2.36. The van der Waals surface area contributed by atoms with Gasteiger partial charge < -0.3 is 34.9 Å². The van der Waals surface area contributed by atoms with Gasteiger partial charge in [-0.15, -0.1) is 0 Å². The van der Waals surface area contributed by atoms with Gasteiger partial charge in [-0.05, 0) is 17.7 Å². The highest BCUT2D eigenvalue weighted by molar-refractivity contribution is 6.34. The second-order valence-corrected chi connectivity index (χ2v) is 9.73. The zero-order valence-corrected chi connectivity index (χ0v) is 22.2. The summed E-state index contributed by atoms with van der Waals surface area (Å²) < 4.78 is 8.17. The van der Waals surface area contributed by atoms with Gasteiger partial charge in [-0.25, -0.2) is 9.97 Å². The zero-order chi connectivity index (χ0) is 27.8. The Morgan fingerprint density at radius 1 is 1.15 bits per heavy atom.